The molecule has 1 fully saturated rings. The second-order valence-electron chi connectivity index (χ2n) is 5.36. The van der Waals surface area contributed by atoms with Gasteiger partial charge in [-0.2, -0.15) is 4.39 Å². The van der Waals surface area contributed by atoms with Gasteiger partial charge in [-0.25, -0.2) is 0 Å². The number of hydrogen-bond acceptors (Lipinski definition) is 4. The first-order chi connectivity index (χ1) is 9.95. The molecule has 1 aliphatic heterocycles. The first-order valence-electron chi connectivity index (χ1n) is 6.82. The van der Waals surface area contributed by atoms with Crippen LogP contribution in [-0.2, 0) is 11.3 Å². The molecule has 0 aliphatic carbocycles. The van der Waals surface area contributed by atoms with Crippen molar-refractivity contribution in [2.24, 2.45) is 5.92 Å². The molecule has 0 bridgehead atoms. The van der Waals surface area contributed by atoms with Gasteiger partial charge in [-0.3, -0.25) is 19.8 Å². The quantitative estimate of drug-likeness (QED) is 0.666. The van der Waals surface area contributed by atoms with Crippen molar-refractivity contribution in [1.82, 2.24) is 4.90 Å². The number of hydrogen-bond donors (Lipinski definition) is 1. The number of rotatable bonds is 5. The molecule has 1 heterocycles. The molecular weight excluding hydrogens is 279 g/mol. The number of carbonyl (C=O) groups is 1. The summed E-state index contributed by atoms with van der Waals surface area (Å²) in [5.74, 6) is -1.39. The van der Waals surface area contributed by atoms with Crippen molar-refractivity contribution in [1.29, 1.82) is 0 Å². The Hall–Kier alpha value is -2.02. The monoisotopic (exact) mass is 296 g/mol. The average molecular weight is 296 g/mol. The first-order valence-corrected chi connectivity index (χ1v) is 6.82. The smallest absolute Gasteiger partial charge is 0.304 e. The Morgan fingerprint density at radius 1 is 1.43 bits per heavy atom. The van der Waals surface area contributed by atoms with E-state index in [4.69, 9.17) is 5.11 Å². The summed E-state index contributed by atoms with van der Waals surface area (Å²) in [6.45, 7) is 2.04. The highest BCUT2D eigenvalue weighted by Crippen LogP contribution is 2.23. The van der Waals surface area contributed by atoms with Gasteiger partial charge in [-0.1, -0.05) is 6.07 Å². The van der Waals surface area contributed by atoms with Crippen molar-refractivity contribution in [3.63, 3.8) is 0 Å². The van der Waals surface area contributed by atoms with Crippen LogP contribution in [0.3, 0.4) is 0 Å². The number of halogens is 1. The molecule has 0 spiro atoms. The fourth-order valence-electron chi connectivity index (χ4n) is 2.65. The number of nitrogens with zero attached hydrogens (tertiary/aromatic N) is 2. The molecule has 0 amide bonds. The Balaban J connectivity index is 1.90. The normalized spacial score (nSPS) is 16.8. The molecule has 1 aromatic carbocycles. The van der Waals surface area contributed by atoms with Gasteiger partial charge >= 0.3 is 11.7 Å². The molecular formula is C14H17FN2O4. The Labute approximate surface area is 121 Å². The van der Waals surface area contributed by atoms with Gasteiger partial charge in [0.25, 0.3) is 0 Å². The molecule has 1 aliphatic rings. The summed E-state index contributed by atoms with van der Waals surface area (Å²) < 4.78 is 13.5. The van der Waals surface area contributed by atoms with E-state index in [9.17, 15) is 19.3 Å². The van der Waals surface area contributed by atoms with Crippen molar-refractivity contribution in [3.05, 3.63) is 39.7 Å². The number of carboxylic acids is 1. The maximum Gasteiger partial charge on any atom is 0.304 e. The molecule has 114 valence electrons. The number of likely N-dealkylation sites (tertiary alicyclic amines) is 1. The van der Waals surface area contributed by atoms with Gasteiger partial charge < -0.3 is 5.11 Å². The van der Waals surface area contributed by atoms with Gasteiger partial charge in [0.2, 0.25) is 5.82 Å². The average Bonchev–Trinajstić information content (AvgIpc) is 2.40. The van der Waals surface area contributed by atoms with Crippen LogP contribution in [0.15, 0.2) is 18.2 Å². The fraction of sp³-hybridized carbons (Fsp3) is 0.500. The molecule has 7 heteroatoms. The number of nitro groups is 1. The van der Waals surface area contributed by atoms with E-state index in [1.807, 2.05) is 0 Å². The van der Waals surface area contributed by atoms with Crippen LogP contribution in [0.1, 0.15) is 24.8 Å². The molecule has 0 atom stereocenters. The lowest BCUT2D eigenvalue weighted by Gasteiger charge is -2.31. The van der Waals surface area contributed by atoms with Gasteiger partial charge in [0.1, 0.15) is 0 Å². The minimum atomic E-state index is -0.821. The highest BCUT2D eigenvalue weighted by Gasteiger charge is 2.22. The van der Waals surface area contributed by atoms with Crippen LogP contribution < -0.4 is 0 Å². The number of nitro benzene ring substituents is 1. The van der Waals surface area contributed by atoms with E-state index in [1.54, 1.807) is 6.07 Å². The molecule has 6 nitrogen and oxygen atoms in total. The van der Waals surface area contributed by atoms with Gasteiger partial charge in [0.15, 0.2) is 0 Å². The molecule has 0 aromatic heterocycles. The first kappa shape index (κ1) is 15.4. The second kappa shape index (κ2) is 6.62. The van der Waals surface area contributed by atoms with Crippen LogP contribution in [0.25, 0.3) is 0 Å². The molecule has 21 heavy (non-hydrogen) atoms. The zero-order valence-electron chi connectivity index (χ0n) is 11.5. The lowest BCUT2D eigenvalue weighted by molar-refractivity contribution is -0.387. The molecule has 0 unspecified atom stereocenters. The van der Waals surface area contributed by atoms with Crippen LogP contribution in [0.4, 0.5) is 10.1 Å². The van der Waals surface area contributed by atoms with E-state index in [-0.39, 0.29) is 12.3 Å². The zero-order chi connectivity index (χ0) is 15.4. The number of benzene rings is 1. The summed E-state index contributed by atoms with van der Waals surface area (Å²) in [7, 11) is 0. The number of carboxylic acid groups (broad SMARTS) is 1. The Morgan fingerprint density at radius 2 is 2.10 bits per heavy atom. The predicted molar refractivity (Wildman–Crippen MR) is 73.3 cm³/mol. The summed E-state index contributed by atoms with van der Waals surface area (Å²) in [6.07, 6.45) is 1.81. The van der Waals surface area contributed by atoms with Crippen molar-refractivity contribution < 1.29 is 19.2 Å². The van der Waals surface area contributed by atoms with Crippen LogP contribution in [0.5, 0.6) is 0 Å². The summed E-state index contributed by atoms with van der Waals surface area (Å²) >= 11 is 0. The SMILES string of the molecule is O=C(O)CC1CCN(Cc2ccc([N+](=O)[O-])c(F)c2)CC1. The van der Waals surface area contributed by atoms with Crippen LogP contribution in [0, 0.1) is 21.8 Å². The largest absolute Gasteiger partial charge is 0.481 e. The summed E-state index contributed by atoms with van der Waals surface area (Å²) in [6, 6.07) is 3.94. The minimum Gasteiger partial charge on any atom is -0.481 e. The van der Waals surface area contributed by atoms with Crippen molar-refractivity contribution in [2.75, 3.05) is 13.1 Å². The lowest BCUT2D eigenvalue weighted by Crippen LogP contribution is -2.33. The minimum absolute atomic E-state index is 0.194. The molecule has 0 saturated carbocycles. The van der Waals surface area contributed by atoms with Gasteiger partial charge in [-0.05, 0) is 43.5 Å². The van der Waals surface area contributed by atoms with Gasteiger partial charge in [-0.15, -0.1) is 0 Å². The maximum atomic E-state index is 13.5. The Morgan fingerprint density at radius 3 is 2.62 bits per heavy atom. The summed E-state index contributed by atoms with van der Waals surface area (Å²) in [5, 5.41) is 19.3. The molecule has 1 aromatic rings. The third-order valence-corrected chi connectivity index (χ3v) is 3.79. The Kier molecular flexibility index (Phi) is 4.85. The van der Waals surface area contributed by atoms with E-state index in [2.05, 4.69) is 4.90 Å². The van der Waals surface area contributed by atoms with E-state index in [0.29, 0.717) is 12.1 Å². The van der Waals surface area contributed by atoms with E-state index in [0.717, 1.165) is 25.9 Å². The standard InChI is InChI=1S/C14H17FN2O4/c15-12-7-11(1-2-13(12)17(20)21)9-16-5-3-10(4-6-16)8-14(18)19/h1-2,7,10H,3-6,8-9H2,(H,18,19). The third-order valence-electron chi connectivity index (χ3n) is 3.79. The van der Waals surface area contributed by atoms with E-state index >= 15 is 0 Å². The predicted octanol–water partition coefficient (Wildman–Crippen LogP) is 2.42. The van der Waals surface area contributed by atoms with Crippen LogP contribution in [-0.4, -0.2) is 34.0 Å². The molecule has 2 rings (SSSR count). The van der Waals surface area contributed by atoms with Crippen LogP contribution in [0.2, 0.25) is 0 Å². The zero-order valence-corrected chi connectivity index (χ0v) is 11.5. The number of piperidine rings is 1. The van der Waals surface area contributed by atoms with E-state index < -0.39 is 22.4 Å². The van der Waals surface area contributed by atoms with Gasteiger partial charge in [0, 0.05) is 19.0 Å². The molecule has 1 N–H and O–H groups in total. The van der Waals surface area contributed by atoms with Crippen molar-refractivity contribution in [2.45, 2.75) is 25.8 Å². The van der Waals surface area contributed by atoms with Gasteiger partial charge in [0.05, 0.1) is 4.92 Å². The Bertz CT molecular complexity index is 542. The second-order valence-corrected chi connectivity index (χ2v) is 5.36. The topological polar surface area (TPSA) is 83.7 Å². The summed E-state index contributed by atoms with van der Waals surface area (Å²) in [4.78, 5) is 22.6. The van der Waals surface area contributed by atoms with Crippen molar-refractivity contribution in [3.8, 4) is 0 Å². The maximum absolute atomic E-state index is 13.5. The van der Waals surface area contributed by atoms with Crippen molar-refractivity contribution >= 4 is 11.7 Å². The van der Waals surface area contributed by atoms with Crippen LogP contribution >= 0.6 is 0 Å². The highest BCUT2D eigenvalue weighted by molar-refractivity contribution is 5.67. The molecule has 0 radical (unpaired) electrons. The number of aliphatic carboxylic acids is 1. The fourth-order valence-corrected chi connectivity index (χ4v) is 2.65. The lowest BCUT2D eigenvalue weighted by atomic mass is 9.93. The van der Waals surface area contributed by atoms with E-state index in [1.165, 1.54) is 12.1 Å². The molecule has 1 saturated heterocycles. The third kappa shape index (κ3) is 4.22. The summed E-state index contributed by atoms with van der Waals surface area (Å²) in [5.41, 5.74) is 0.175. The highest BCUT2D eigenvalue weighted by atomic mass is 19.1.